The number of halogens is 1. The maximum atomic E-state index is 13.5. The first kappa shape index (κ1) is 29.3. The van der Waals surface area contributed by atoms with Gasteiger partial charge in [-0.1, -0.05) is 11.6 Å². The fourth-order valence-electron chi connectivity index (χ4n) is 6.05. The number of benzene rings is 2. The summed E-state index contributed by atoms with van der Waals surface area (Å²) in [5.41, 5.74) is 3.94. The zero-order chi connectivity index (χ0) is 30.0. The number of Topliss-reactive ketones (excluding diaryl/α,β-unsaturated/α-hetero) is 2. The average Bonchev–Trinajstić information content (AvgIpc) is 2.95. The summed E-state index contributed by atoms with van der Waals surface area (Å²) in [4.78, 5) is 50.9. The Bertz CT molecular complexity index is 1470. The van der Waals surface area contributed by atoms with Gasteiger partial charge in [0.25, 0.3) is 5.69 Å². The predicted molar refractivity (Wildman–Crippen MR) is 154 cm³/mol. The van der Waals surface area contributed by atoms with E-state index in [-0.39, 0.29) is 47.6 Å². The Labute approximate surface area is 247 Å². The maximum absolute atomic E-state index is 13.5. The number of aliphatic carboxylic acids is 1. The van der Waals surface area contributed by atoms with E-state index in [4.69, 9.17) is 21.1 Å². The highest BCUT2D eigenvalue weighted by Crippen LogP contribution is 2.51. The first-order valence-corrected chi connectivity index (χ1v) is 14.4. The molecule has 0 unspecified atom stereocenters. The maximum Gasteiger partial charge on any atom is 0.305 e. The van der Waals surface area contributed by atoms with Crippen molar-refractivity contribution in [3.05, 3.63) is 85.2 Å². The molecule has 0 fully saturated rings. The van der Waals surface area contributed by atoms with E-state index in [2.05, 4.69) is 0 Å². The van der Waals surface area contributed by atoms with Gasteiger partial charge in [0.15, 0.2) is 23.1 Å². The van der Waals surface area contributed by atoms with Crippen LogP contribution in [0.3, 0.4) is 0 Å². The van der Waals surface area contributed by atoms with Crippen molar-refractivity contribution in [1.82, 2.24) is 4.90 Å². The second-order valence-electron chi connectivity index (χ2n) is 10.5. The van der Waals surface area contributed by atoms with Crippen molar-refractivity contribution in [2.45, 2.75) is 64.4 Å². The number of carbonyl (C=O) groups is 3. The average molecular weight is 595 g/mol. The Balaban J connectivity index is 1.56. The molecule has 1 aliphatic heterocycles. The highest BCUT2D eigenvalue weighted by atomic mass is 35.5. The van der Waals surface area contributed by atoms with Crippen LogP contribution in [0.4, 0.5) is 5.69 Å². The van der Waals surface area contributed by atoms with Gasteiger partial charge in [0.1, 0.15) is 6.61 Å². The minimum atomic E-state index is -0.942. The molecule has 42 heavy (non-hydrogen) atoms. The molecular formula is C31H31ClN2O8. The molecule has 10 nitrogen and oxygen atoms in total. The van der Waals surface area contributed by atoms with Crippen LogP contribution in [0.1, 0.15) is 68.9 Å². The topological polar surface area (TPSA) is 136 Å². The lowest BCUT2D eigenvalue weighted by Crippen LogP contribution is -2.39. The minimum absolute atomic E-state index is 0.0259. The quantitative estimate of drug-likeness (QED) is 0.255. The molecular weight excluding hydrogens is 564 g/mol. The largest absolute Gasteiger partial charge is 0.490 e. The molecule has 0 aromatic heterocycles. The first-order valence-electron chi connectivity index (χ1n) is 14.0. The summed E-state index contributed by atoms with van der Waals surface area (Å²) in [7, 11) is 0. The highest BCUT2D eigenvalue weighted by molar-refractivity contribution is 6.32. The van der Waals surface area contributed by atoms with Gasteiger partial charge in [-0.05, 0) is 68.0 Å². The summed E-state index contributed by atoms with van der Waals surface area (Å²) in [5.74, 6) is -1.06. The molecule has 3 aliphatic rings. The molecule has 2 aromatic rings. The molecule has 1 N–H and O–H groups in total. The van der Waals surface area contributed by atoms with Crippen molar-refractivity contribution in [2.24, 2.45) is 0 Å². The van der Waals surface area contributed by atoms with Crippen molar-refractivity contribution < 1.29 is 33.9 Å². The molecule has 5 rings (SSSR count). The van der Waals surface area contributed by atoms with Crippen LogP contribution < -0.4 is 9.47 Å². The number of nitrogens with zero attached hydrogens (tertiary/aromatic N) is 2. The summed E-state index contributed by atoms with van der Waals surface area (Å²) in [6.45, 7) is 2.40. The third kappa shape index (κ3) is 5.76. The second kappa shape index (κ2) is 12.4. The number of hydrogen-bond donors (Lipinski definition) is 1. The van der Waals surface area contributed by atoms with Crippen LogP contribution in [0, 0.1) is 10.1 Å². The lowest BCUT2D eigenvalue weighted by molar-refractivity contribution is -0.384. The van der Waals surface area contributed by atoms with Crippen LogP contribution >= 0.6 is 11.6 Å². The van der Waals surface area contributed by atoms with E-state index < -0.39 is 16.8 Å². The molecule has 2 aromatic carbocycles. The van der Waals surface area contributed by atoms with Crippen LogP contribution in [0.25, 0.3) is 0 Å². The van der Waals surface area contributed by atoms with Gasteiger partial charge in [0.05, 0.1) is 23.0 Å². The monoisotopic (exact) mass is 594 g/mol. The molecule has 11 heteroatoms. The van der Waals surface area contributed by atoms with Crippen LogP contribution in [-0.2, 0) is 21.0 Å². The normalized spacial score (nSPS) is 17.2. The summed E-state index contributed by atoms with van der Waals surface area (Å²) in [6.07, 6.45) is 3.13. The molecule has 0 saturated heterocycles. The number of nitro groups is 1. The summed E-state index contributed by atoms with van der Waals surface area (Å²) in [6, 6.07) is 9.46. The van der Waals surface area contributed by atoms with E-state index in [1.54, 1.807) is 24.3 Å². The van der Waals surface area contributed by atoms with Gasteiger partial charge in [-0.25, -0.2) is 0 Å². The Hall–Kier alpha value is -4.18. The number of non-ortho nitro benzene ring substituents is 1. The second-order valence-corrected chi connectivity index (χ2v) is 10.9. The lowest BCUT2D eigenvalue weighted by atomic mass is 9.71. The molecule has 0 spiro atoms. The predicted octanol–water partition coefficient (Wildman–Crippen LogP) is 6.11. The van der Waals surface area contributed by atoms with Crippen LogP contribution in [-0.4, -0.2) is 45.6 Å². The van der Waals surface area contributed by atoms with Crippen LogP contribution in [0.5, 0.6) is 11.5 Å². The van der Waals surface area contributed by atoms with Gasteiger partial charge in [-0.15, -0.1) is 0 Å². The van der Waals surface area contributed by atoms with Crippen LogP contribution in [0.15, 0.2) is 58.9 Å². The number of hydrogen-bond acceptors (Lipinski definition) is 8. The number of rotatable bonds is 10. The van der Waals surface area contributed by atoms with Gasteiger partial charge >= 0.3 is 5.97 Å². The van der Waals surface area contributed by atoms with Crippen molar-refractivity contribution >= 4 is 34.8 Å². The zero-order valence-corrected chi connectivity index (χ0v) is 23.9. The zero-order valence-electron chi connectivity index (χ0n) is 23.2. The molecule has 0 radical (unpaired) electrons. The standard InChI is InChI=1S/C31H31ClN2O8/c1-2-41-26-16-19(15-21(32)31(26)42-17-18-9-11-20(12-10-18)34(39)40)28-29-22(5-3-7-24(29)35)33(14-13-27(37)38)23-6-4-8-25(36)30(23)28/h9-12,15-16,28H,2-8,13-14,17H2,1H3,(H,37,38). The number of nitro benzene ring substituents is 1. The Morgan fingerprint density at radius 1 is 1.02 bits per heavy atom. The summed E-state index contributed by atoms with van der Waals surface area (Å²) < 4.78 is 12.0. The van der Waals surface area contributed by atoms with Gasteiger partial charge in [-0.2, -0.15) is 0 Å². The molecule has 0 atom stereocenters. The minimum Gasteiger partial charge on any atom is -0.490 e. The third-order valence-electron chi connectivity index (χ3n) is 7.83. The van der Waals surface area contributed by atoms with E-state index in [9.17, 15) is 29.6 Å². The Morgan fingerprint density at radius 3 is 2.19 bits per heavy atom. The number of allylic oxidation sites excluding steroid dienone is 4. The Morgan fingerprint density at radius 2 is 1.64 bits per heavy atom. The van der Waals surface area contributed by atoms with Gasteiger partial charge in [0, 0.05) is 60.0 Å². The number of ether oxygens (including phenoxy) is 2. The third-order valence-corrected chi connectivity index (χ3v) is 8.11. The van der Waals surface area contributed by atoms with Crippen molar-refractivity contribution in [3.8, 4) is 11.5 Å². The smallest absolute Gasteiger partial charge is 0.305 e. The first-order chi connectivity index (χ1) is 20.2. The summed E-state index contributed by atoms with van der Waals surface area (Å²) in [5, 5.41) is 20.6. The van der Waals surface area contributed by atoms with Crippen molar-refractivity contribution in [3.63, 3.8) is 0 Å². The molecule has 0 saturated carbocycles. The summed E-state index contributed by atoms with van der Waals surface area (Å²) >= 11 is 6.79. The number of carboxylic acids is 1. The van der Waals surface area contributed by atoms with Gasteiger partial charge < -0.3 is 19.5 Å². The number of carbonyl (C=O) groups excluding carboxylic acids is 2. The van der Waals surface area contributed by atoms with Crippen molar-refractivity contribution in [1.29, 1.82) is 0 Å². The fourth-order valence-corrected chi connectivity index (χ4v) is 6.33. The van der Waals surface area contributed by atoms with E-state index in [1.807, 2.05) is 11.8 Å². The van der Waals surface area contributed by atoms with Crippen molar-refractivity contribution in [2.75, 3.05) is 13.2 Å². The molecule has 1 heterocycles. The molecule has 0 bridgehead atoms. The van der Waals surface area contributed by atoms with Crippen LogP contribution in [0.2, 0.25) is 5.02 Å². The molecule has 0 amide bonds. The Kier molecular flexibility index (Phi) is 8.63. The highest BCUT2D eigenvalue weighted by Gasteiger charge is 2.43. The molecule has 220 valence electrons. The van der Waals surface area contributed by atoms with E-state index in [0.717, 1.165) is 11.4 Å². The van der Waals surface area contributed by atoms with Gasteiger partial charge in [0.2, 0.25) is 0 Å². The number of ketones is 2. The lowest BCUT2D eigenvalue weighted by Gasteiger charge is -2.44. The molecule has 2 aliphatic carbocycles. The van der Waals surface area contributed by atoms with E-state index >= 15 is 0 Å². The number of carboxylic acid groups (broad SMARTS) is 1. The fraction of sp³-hybridized carbons (Fsp3) is 0.387. The SMILES string of the molecule is CCOc1cc(C2C3=C(CCCC3=O)N(CCC(=O)O)C3=C2C(=O)CCC3)cc(Cl)c1OCc1ccc([N+](=O)[O-])cc1. The van der Waals surface area contributed by atoms with E-state index in [1.165, 1.54) is 12.1 Å². The van der Waals surface area contributed by atoms with Gasteiger partial charge in [-0.3, -0.25) is 24.5 Å². The van der Waals surface area contributed by atoms with E-state index in [0.29, 0.717) is 73.2 Å².